The maximum absolute atomic E-state index is 12.8. The number of aryl methyl sites for hydroxylation is 2. The van der Waals surface area contributed by atoms with Crippen LogP contribution < -0.4 is 15.0 Å². The Labute approximate surface area is 252 Å². The highest BCUT2D eigenvalue weighted by Gasteiger charge is 2.32. The number of carbonyl (C=O) groups is 1. The first-order valence-corrected chi connectivity index (χ1v) is 14.9. The molecule has 1 aliphatic heterocycles. The van der Waals surface area contributed by atoms with Gasteiger partial charge >= 0.3 is 6.36 Å². The van der Waals surface area contributed by atoms with E-state index in [1.165, 1.54) is 47.0 Å². The molecule has 2 heterocycles. The minimum Gasteiger partial charge on any atom is -0.406 e. The van der Waals surface area contributed by atoms with E-state index in [0.717, 1.165) is 47.2 Å². The third kappa shape index (κ3) is 7.82. The molecule has 0 unspecified atom stereocenters. The average Bonchev–Trinajstić information content (AvgIpc) is 3.61. The third-order valence-corrected chi connectivity index (χ3v) is 7.66. The summed E-state index contributed by atoms with van der Waals surface area (Å²) >= 11 is 1.46. The highest BCUT2D eigenvalue weighted by Crippen LogP contribution is 2.31. The summed E-state index contributed by atoms with van der Waals surface area (Å²) < 4.78 is 42.7. The molecule has 5 rings (SSSR count). The molecule has 1 fully saturated rings. The van der Waals surface area contributed by atoms with Gasteiger partial charge in [0.15, 0.2) is 11.0 Å². The third-order valence-electron chi connectivity index (χ3n) is 6.69. The Morgan fingerprint density at radius 1 is 1.07 bits per heavy atom. The molecule has 224 valence electrons. The molecule has 1 N–H and O–H groups in total. The quantitative estimate of drug-likeness (QED) is 0.201. The molecule has 8 nitrogen and oxygen atoms in total. The number of hydrogen-bond acceptors (Lipinski definition) is 7. The number of amides is 1. The van der Waals surface area contributed by atoms with Crippen LogP contribution in [0, 0.1) is 6.92 Å². The van der Waals surface area contributed by atoms with Gasteiger partial charge in [0, 0.05) is 12.1 Å². The molecule has 1 amide bonds. The van der Waals surface area contributed by atoms with Crippen LogP contribution >= 0.6 is 11.8 Å². The number of hydrogen-bond donors (Lipinski definition) is 1. The van der Waals surface area contributed by atoms with Crippen molar-refractivity contribution in [2.75, 3.05) is 23.9 Å². The summed E-state index contributed by atoms with van der Waals surface area (Å²) in [6, 6.07) is 19.5. The van der Waals surface area contributed by atoms with E-state index < -0.39 is 6.36 Å². The summed E-state index contributed by atoms with van der Waals surface area (Å²) in [5.41, 5.74) is 5.65. The second-order valence-corrected chi connectivity index (χ2v) is 10.9. The summed E-state index contributed by atoms with van der Waals surface area (Å²) in [5, 5.41) is 8.55. The van der Waals surface area contributed by atoms with Crippen molar-refractivity contribution in [1.29, 1.82) is 0 Å². The molecule has 0 aliphatic carbocycles. The SMILES string of the molecule is CCCc1ccc(C)cc1N1C(=O)CS/C1=N\CNCCc1cccc(-c2ncn(-c3ccc(OC(F)(F)F)cc3)n2)c1. The second kappa shape index (κ2) is 13.4. The van der Waals surface area contributed by atoms with Gasteiger partial charge in [-0.2, -0.15) is 0 Å². The number of nitrogens with zero attached hydrogens (tertiary/aromatic N) is 5. The van der Waals surface area contributed by atoms with Gasteiger partial charge in [0.1, 0.15) is 12.1 Å². The highest BCUT2D eigenvalue weighted by atomic mass is 32.2. The predicted octanol–water partition coefficient (Wildman–Crippen LogP) is 6.32. The molecule has 43 heavy (non-hydrogen) atoms. The molecule has 4 aromatic rings. The lowest BCUT2D eigenvalue weighted by Crippen LogP contribution is -2.31. The maximum atomic E-state index is 12.8. The van der Waals surface area contributed by atoms with Gasteiger partial charge in [-0.15, -0.1) is 18.3 Å². The lowest BCUT2D eigenvalue weighted by molar-refractivity contribution is -0.274. The Morgan fingerprint density at radius 3 is 2.65 bits per heavy atom. The van der Waals surface area contributed by atoms with Crippen molar-refractivity contribution in [1.82, 2.24) is 20.1 Å². The van der Waals surface area contributed by atoms with Crippen LogP contribution in [0.15, 0.2) is 78.0 Å². The van der Waals surface area contributed by atoms with Crippen LogP contribution in [0.4, 0.5) is 18.9 Å². The summed E-state index contributed by atoms with van der Waals surface area (Å²) in [5.74, 6) is 0.627. The largest absolute Gasteiger partial charge is 0.573 e. The van der Waals surface area contributed by atoms with Crippen molar-refractivity contribution in [2.24, 2.45) is 4.99 Å². The molecule has 1 aliphatic rings. The predicted molar refractivity (Wildman–Crippen MR) is 163 cm³/mol. The van der Waals surface area contributed by atoms with Gasteiger partial charge in [-0.1, -0.05) is 55.4 Å². The van der Waals surface area contributed by atoms with Crippen molar-refractivity contribution < 1.29 is 22.7 Å². The van der Waals surface area contributed by atoms with Gasteiger partial charge in [0.25, 0.3) is 0 Å². The number of alkyl halides is 3. The van der Waals surface area contributed by atoms with E-state index in [0.29, 0.717) is 35.6 Å². The topological polar surface area (TPSA) is 84.6 Å². The number of thioether (sulfide) groups is 1. The normalized spacial score (nSPS) is 14.6. The Bertz CT molecular complexity index is 1600. The van der Waals surface area contributed by atoms with Crippen molar-refractivity contribution in [3.05, 3.63) is 89.7 Å². The van der Waals surface area contributed by atoms with Crippen molar-refractivity contribution in [3.8, 4) is 22.8 Å². The molecule has 1 saturated heterocycles. The molecular formula is C31H31F3N6O2S. The fourth-order valence-electron chi connectivity index (χ4n) is 4.70. The van der Waals surface area contributed by atoms with Crippen LogP contribution in [0.1, 0.15) is 30.0 Å². The monoisotopic (exact) mass is 608 g/mol. The van der Waals surface area contributed by atoms with Gasteiger partial charge in [-0.25, -0.2) is 14.7 Å². The van der Waals surface area contributed by atoms with Crippen LogP contribution in [-0.4, -0.2) is 51.2 Å². The zero-order valence-corrected chi connectivity index (χ0v) is 24.6. The fraction of sp³-hybridized carbons (Fsp3) is 0.290. The van der Waals surface area contributed by atoms with Crippen LogP contribution in [0.3, 0.4) is 0 Å². The first-order chi connectivity index (χ1) is 20.7. The smallest absolute Gasteiger partial charge is 0.406 e. The lowest BCUT2D eigenvalue weighted by atomic mass is 10.0. The molecular weight excluding hydrogens is 577 g/mol. The molecule has 1 aromatic heterocycles. The van der Waals surface area contributed by atoms with Gasteiger partial charge in [-0.3, -0.25) is 15.0 Å². The number of rotatable bonds is 11. The van der Waals surface area contributed by atoms with Gasteiger partial charge < -0.3 is 4.74 Å². The lowest BCUT2D eigenvalue weighted by Gasteiger charge is -2.20. The van der Waals surface area contributed by atoms with Crippen LogP contribution in [0.2, 0.25) is 0 Å². The molecule has 0 radical (unpaired) electrons. The zero-order valence-electron chi connectivity index (χ0n) is 23.8. The first kappa shape index (κ1) is 30.3. The summed E-state index contributed by atoms with van der Waals surface area (Å²) in [4.78, 5) is 23.6. The molecule has 0 spiro atoms. The second-order valence-electron chi connectivity index (χ2n) is 10.0. The van der Waals surface area contributed by atoms with Gasteiger partial charge in [-0.05, 0) is 72.9 Å². The average molecular weight is 609 g/mol. The van der Waals surface area contributed by atoms with Crippen molar-refractivity contribution in [2.45, 2.75) is 39.5 Å². The minimum absolute atomic E-state index is 0.0482. The number of aromatic nitrogens is 3. The maximum Gasteiger partial charge on any atom is 0.573 e. The van der Waals surface area contributed by atoms with E-state index in [-0.39, 0.29) is 11.7 Å². The summed E-state index contributed by atoms with van der Waals surface area (Å²) in [6.07, 6.45) is -0.588. The van der Waals surface area contributed by atoms with E-state index in [9.17, 15) is 18.0 Å². The molecule has 0 atom stereocenters. The Kier molecular flexibility index (Phi) is 9.46. The number of benzene rings is 3. The van der Waals surface area contributed by atoms with Crippen LogP contribution in [0.25, 0.3) is 17.1 Å². The van der Waals surface area contributed by atoms with Gasteiger partial charge in [0.05, 0.1) is 23.8 Å². The van der Waals surface area contributed by atoms with Crippen molar-refractivity contribution in [3.63, 3.8) is 0 Å². The number of nitrogens with one attached hydrogen (secondary N) is 1. The number of carbonyl (C=O) groups excluding carboxylic acids is 1. The Morgan fingerprint density at radius 2 is 1.88 bits per heavy atom. The fourth-order valence-corrected chi connectivity index (χ4v) is 5.57. The molecule has 0 bridgehead atoms. The summed E-state index contributed by atoms with van der Waals surface area (Å²) in [6.45, 7) is 5.23. The number of ether oxygens (including phenoxy) is 1. The molecule has 3 aromatic carbocycles. The van der Waals surface area contributed by atoms with Gasteiger partial charge in [0.2, 0.25) is 5.91 Å². The minimum atomic E-state index is -4.74. The molecule has 12 heteroatoms. The Hall–Kier alpha value is -4.16. The standard InChI is InChI=1S/C31H31F3N6O2S/c1-3-5-23-9-8-21(2)16-27(23)40-28(41)18-43-30(40)36-19-35-15-14-22-6-4-7-24(17-22)29-37-20-39(38-29)25-10-12-26(13-11-25)42-31(32,33)34/h4,6-13,16-17,20,35H,3,5,14-15,18-19H2,1-2H3/b36-30-. The van der Waals surface area contributed by atoms with E-state index in [1.807, 2.05) is 31.2 Å². The van der Waals surface area contributed by atoms with Crippen molar-refractivity contribution >= 4 is 28.5 Å². The highest BCUT2D eigenvalue weighted by molar-refractivity contribution is 8.15. The molecule has 0 saturated carbocycles. The van der Waals surface area contributed by atoms with E-state index in [1.54, 1.807) is 4.90 Å². The number of halogens is 3. The van der Waals surface area contributed by atoms with E-state index >= 15 is 0 Å². The van der Waals surface area contributed by atoms with E-state index in [2.05, 4.69) is 45.3 Å². The number of aliphatic imine (C=N–C) groups is 1. The first-order valence-electron chi connectivity index (χ1n) is 13.9. The van der Waals surface area contributed by atoms with Crippen LogP contribution in [-0.2, 0) is 17.6 Å². The van der Waals surface area contributed by atoms with E-state index in [4.69, 9.17) is 4.99 Å². The zero-order chi connectivity index (χ0) is 30.4. The number of anilines is 1. The number of amidine groups is 1. The van der Waals surface area contributed by atoms with Crippen LogP contribution in [0.5, 0.6) is 5.75 Å². The summed E-state index contributed by atoms with van der Waals surface area (Å²) in [7, 11) is 0. The Balaban J connectivity index is 1.17.